The number of rotatable bonds is 8. The van der Waals surface area contributed by atoms with E-state index in [4.69, 9.17) is 0 Å². The van der Waals surface area contributed by atoms with Gasteiger partial charge in [0.15, 0.2) is 0 Å². The smallest absolute Gasteiger partial charge is 0.267 e. The monoisotopic (exact) mass is 295 g/mol. The molecule has 3 N–H and O–H groups in total. The Hall–Kier alpha value is -1.03. The summed E-state index contributed by atoms with van der Waals surface area (Å²) in [5.74, 6) is 0.901. The lowest BCUT2D eigenvalue weighted by molar-refractivity contribution is -0.118. The van der Waals surface area contributed by atoms with E-state index in [0.29, 0.717) is 11.7 Å². The van der Waals surface area contributed by atoms with Crippen LogP contribution in [-0.2, 0) is 4.79 Å². The first kappa shape index (κ1) is 18.0. The number of unbranched alkanes of at least 4 members (excludes halogenated alkanes) is 1. The molecule has 122 valence electrons. The lowest BCUT2D eigenvalue weighted by Crippen LogP contribution is -2.41. The summed E-state index contributed by atoms with van der Waals surface area (Å²) >= 11 is 0. The van der Waals surface area contributed by atoms with E-state index >= 15 is 0 Å². The average Bonchev–Trinajstić information content (AvgIpc) is 2.51. The molecule has 21 heavy (non-hydrogen) atoms. The molecule has 1 amide bonds. The first-order valence-electron chi connectivity index (χ1n) is 8.48. The highest BCUT2D eigenvalue weighted by molar-refractivity contribution is 5.93. The van der Waals surface area contributed by atoms with E-state index in [-0.39, 0.29) is 11.9 Å². The Balaban J connectivity index is 2.40. The van der Waals surface area contributed by atoms with Gasteiger partial charge in [-0.2, -0.15) is 0 Å². The number of carbonyl (C=O) groups is 1. The third-order valence-corrected chi connectivity index (χ3v) is 4.53. The predicted molar refractivity (Wildman–Crippen MR) is 89.1 cm³/mol. The van der Waals surface area contributed by atoms with Gasteiger partial charge < -0.3 is 16.0 Å². The molecule has 1 aliphatic carbocycles. The van der Waals surface area contributed by atoms with Crippen molar-refractivity contribution in [3.63, 3.8) is 0 Å². The minimum atomic E-state index is 0.0246. The second-order valence-corrected chi connectivity index (χ2v) is 6.24. The van der Waals surface area contributed by atoms with E-state index in [1.54, 1.807) is 7.05 Å². The number of hydrogen-bond acceptors (Lipinski definition) is 3. The quantitative estimate of drug-likeness (QED) is 0.603. The highest BCUT2D eigenvalue weighted by Crippen LogP contribution is 2.28. The van der Waals surface area contributed by atoms with Crippen molar-refractivity contribution in [3.05, 3.63) is 11.8 Å². The normalized spacial score (nSPS) is 24.5. The number of amides is 1. The molecule has 4 heteroatoms. The van der Waals surface area contributed by atoms with Gasteiger partial charge in [-0.1, -0.05) is 26.2 Å². The van der Waals surface area contributed by atoms with Crippen LogP contribution in [0.1, 0.15) is 58.8 Å². The fourth-order valence-electron chi connectivity index (χ4n) is 2.96. The zero-order valence-corrected chi connectivity index (χ0v) is 14.2. The van der Waals surface area contributed by atoms with Crippen molar-refractivity contribution < 1.29 is 4.79 Å². The molecule has 1 fully saturated rings. The average molecular weight is 295 g/mol. The SMILES string of the molecule is CCCCC1CCC(NC(=O)/C(=C/[C@@H](C)NC)NC)CC1. The van der Waals surface area contributed by atoms with Crippen molar-refractivity contribution >= 4 is 5.91 Å². The van der Waals surface area contributed by atoms with Crippen molar-refractivity contribution in [2.24, 2.45) is 5.92 Å². The third-order valence-electron chi connectivity index (χ3n) is 4.53. The summed E-state index contributed by atoms with van der Waals surface area (Å²) in [5.41, 5.74) is 0.657. The second-order valence-electron chi connectivity index (χ2n) is 6.24. The van der Waals surface area contributed by atoms with Gasteiger partial charge >= 0.3 is 0 Å². The van der Waals surface area contributed by atoms with Crippen LogP contribution in [0.5, 0.6) is 0 Å². The van der Waals surface area contributed by atoms with Gasteiger partial charge in [-0.25, -0.2) is 0 Å². The topological polar surface area (TPSA) is 53.2 Å². The van der Waals surface area contributed by atoms with Gasteiger partial charge in [0.05, 0.1) is 5.70 Å². The highest BCUT2D eigenvalue weighted by Gasteiger charge is 2.22. The molecule has 1 saturated carbocycles. The number of likely N-dealkylation sites (N-methyl/N-ethyl adjacent to an activating group) is 2. The maximum atomic E-state index is 12.3. The molecular weight excluding hydrogens is 262 g/mol. The van der Waals surface area contributed by atoms with Crippen LogP contribution in [0, 0.1) is 5.92 Å². The van der Waals surface area contributed by atoms with Crippen LogP contribution in [0.25, 0.3) is 0 Å². The van der Waals surface area contributed by atoms with E-state index in [2.05, 4.69) is 22.9 Å². The van der Waals surface area contributed by atoms with Crippen molar-refractivity contribution in [2.45, 2.75) is 70.9 Å². The van der Waals surface area contributed by atoms with Gasteiger partial charge in [-0.3, -0.25) is 4.79 Å². The van der Waals surface area contributed by atoms with Crippen LogP contribution >= 0.6 is 0 Å². The predicted octanol–water partition coefficient (Wildman–Crippen LogP) is 2.56. The Morgan fingerprint density at radius 1 is 1.24 bits per heavy atom. The van der Waals surface area contributed by atoms with Gasteiger partial charge in [-0.05, 0) is 51.6 Å². The molecule has 4 nitrogen and oxygen atoms in total. The van der Waals surface area contributed by atoms with E-state index in [1.165, 1.54) is 32.1 Å². The molecule has 1 rings (SSSR count). The molecule has 0 aromatic carbocycles. The molecule has 0 radical (unpaired) electrons. The summed E-state index contributed by atoms with van der Waals surface area (Å²) < 4.78 is 0. The summed E-state index contributed by atoms with van der Waals surface area (Å²) in [6.07, 6.45) is 10.7. The lowest BCUT2D eigenvalue weighted by Gasteiger charge is -2.29. The second kappa shape index (κ2) is 9.82. The molecule has 0 saturated heterocycles. The number of nitrogens with one attached hydrogen (secondary N) is 3. The molecule has 0 bridgehead atoms. The van der Waals surface area contributed by atoms with Crippen molar-refractivity contribution in [1.29, 1.82) is 0 Å². The van der Waals surface area contributed by atoms with Crippen LogP contribution in [0.15, 0.2) is 11.8 Å². The number of hydrogen-bond donors (Lipinski definition) is 3. The first-order valence-corrected chi connectivity index (χ1v) is 8.48. The Kier molecular flexibility index (Phi) is 8.43. The summed E-state index contributed by atoms with van der Waals surface area (Å²) in [7, 11) is 3.69. The van der Waals surface area contributed by atoms with E-state index in [0.717, 1.165) is 18.8 Å². The van der Waals surface area contributed by atoms with Crippen molar-refractivity contribution in [2.75, 3.05) is 14.1 Å². The first-order chi connectivity index (χ1) is 10.1. The standard InChI is InChI=1S/C17H33N3O/c1-5-6-7-14-8-10-15(11-9-14)20-17(21)16(19-4)12-13(2)18-3/h12-15,18-19H,5-11H2,1-4H3,(H,20,21)/b16-12-/t13-,14?,15?/m1/s1. The van der Waals surface area contributed by atoms with Crippen molar-refractivity contribution in [1.82, 2.24) is 16.0 Å². The Morgan fingerprint density at radius 2 is 1.90 bits per heavy atom. The lowest BCUT2D eigenvalue weighted by atomic mass is 9.83. The van der Waals surface area contributed by atoms with Crippen LogP contribution < -0.4 is 16.0 Å². The van der Waals surface area contributed by atoms with Crippen LogP contribution in [0.4, 0.5) is 0 Å². The van der Waals surface area contributed by atoms with Crippen molar-refractivity contribution in [3.8, 4) is 0 Å². The van der Waals surface area contributed by atoms with Crippen LogP contribution in [0.2, 0.25) is 0 Å². The molecule has 0 aromatic heterocycles. The molecule has 0 heterocycles. The van der Waals surface area contributed by atoms with E-state index in [1.807, 2.05) is 20.0 Å². The molecule has 0 unspecified atom stereocenters. The van der Waals surface area contributed by atoms with Gasteiger partial charge in [0.1, 0.15) is 0 Å². The van der Waals surface area contributed by atoms with Gasteiger partial charge in [0, 0.05) is 19.1 Å². The molecule has 0 spiro atoms. The molecule has 0 aromatic rings. The zero-order valence-electron chi connectivity index (χ0n) is 14.2. The highest BCUT2D eigenvalue weighted by atomic mass is 16.2. The maximum Gasteiger partial charge on any atom is 0.267 e. The van der Waals surface area contributed by atoms with Crippen LogP contribution in [-0.4, -0.2) is 32.1 Å². The minimum Gasteiger partial charge on any atom is -0.384 e. The summed E-state index contributed by atoms with van der Waals surface area (Å²) in [6, 6.07) is 0.528. The molecule has 1 aliphatic rings. The van der Waals surface area contributed by atoms with Gasteiger partial charge in [0.2, 0.25) is 0 Å². The Bertz CT molecular complexity index is 333. The summed E-state index contributed by atoms with van der Waals surface area (Å²) in [5, 5.41) is 9.30. The fourth-order valence-corrected chi connectivity index (χ4v) is 2.96. The summed E-state index contributed by atoms with van der Waals surface area (Å²) in [6.45, 7) is 4.28. The molecular formula is C17H33N3O. The van der Waals surface area contributed by atoms with Gasteiger partial charge in [0.25, 0.3) is 5.91 Å². The van der Waals surface area contributed by atoms with E-state index < -0.39 is 0 Å². The largest absolute Gasteiger partial charge is 0.384 e. The molecule has 0 aliphatic heterocycles. The maximum absolute atomic E-state index is 12.3. The third kappa shape index (κ3) is 6.51. The zero-order chi connectivity index (χ0) is 15.7. The Labute approximate surface area is 130 Å². The Morgan fingerprint density at radius 3 is 2.43 bits per heavy atom. The van der Waals surface area contributed by atoms with Gasteiger partial charge in [-0.15, -0.1) is 0 Å². The number of carbonyl (C=O) groups excluding carboxylic acids is 1. The van der Waals surface area contributed by atoms with Crippen LogP contribution in [0.3, 0.4) is 0 Å². The fraction of sp³-hybridized carbons (Fsp3) is 0.824. The minimum absolute atomic E-state index is 0.0246. The molecule has 1 atom stereocenters. The van der Waals surface area contributed by atoms with E-state index in [9.17, 15) is 4.79 Å². The summed E-state index contributed by atoms with van der Waals surface area (Å²) in [4.78, 5) is 12.3.